The summed E-state index contributed by atoms with van der Waals surface area (Å²) in [4.78, 5) is 26.0. The van der Waals surface area contributed by atoms with Crippen LogP contribution in [-0.4, -0.2) is 22.2 Å². The molecule has 1 fully saturated rings. The molecule has 0 saturated carbocycles. The Balaban J connectivity index is 0.000000672. The molecule has 4 rings (SSSR count). The number of aliphatic imine (C=N–C) groups is 1. The molecule has 0 aromatic heterocycles. The number of amides is 1. The quantitative estimate of drug-likeness (QED) is 0.360. The van der Waals surface area contributed by atoms with E-state index in [4.69, 9.17) is 9.90 Å². The minimum absolute atomic E-state index is 0. The molecule has 0 bridgehead atoms. The Morgan fingerprint density at radius 1 is 1.12 bits per heavy atom. The first kappa shape index (κ1) is 25.5. The summed E-state index contributed by atoms with van der Waals surface area (Å²) in [6, 6.07) is 24.4. The predicted molar refractivity (Wildman–Crippen MR) is 121 cm³/mol. The molecule has 8 heteroatoms. The van der Waals surface area contributed by atoms with Gasteiger partial charge in [0.25, 0.3) is 11.9 Å². The van der Waals surface area contributed by atoms with Crippen LogP contribution in [0.2, 0.25) is 0 Å². The summed E-state index contributed by atoms with van der Waals surface area (Å²) >= 11 is 1.23. The number of aliphatic carboxylic acids is 1. The van der Waals surface area contributed by atoms with E-state index in [9.17, 15) is 9.18 Å². The van der Waals surface area contributed by atoms with Crippen molar-refractivity contribution in [3.8, 4) is 11.1 Å². The molecule has 3 aromatic rings. The number of hydrogen-bond acceptors (Lipinski definition) is 4. The number of carboxylic acids is 1. The van der Waals surface area contributed by atoms with Gasteiger partial charge < -0.3 is 10.4 Å². The summed E-state index contributed by atoms with van der Waals surface area (Å²) in [5.74, 6) is -1.40. The molecule has 1 aliphatic rings. The number of amidine groups is 1. The number of carbonyl (C=O) groups is 2. The van der Waals surface area contributed by atoms with Crippen molar-refractivity contribution in [2.45, 2.75) is 6.92 Å². The molecule has 1 amide bonds. The minimum atomic E-state index is -0.833. The van der Waals surface area contributed by atoms with Gasteiger partial charge in [-0.1, -0.05) is 42.5 Å². The Labute approximate surface area is 211 Å². The third-order valence-electron chi connectivity index (χ3n) is 3.96. The van der Waals surface area contributed by atoms with Crippen molar-refractivity contribution in [1.29, 1.82) is 0 Å². The number of benzene rings is 3. The van der Waals surface area contributed by atoms with Gasteiger partial charge in [-0.05, 0) is 40.7 Å². The SMILES string of the molecule is CC(=O)O.O=C1NC(=Nc2cc[c-]cc2)SC1=Cc1ccc(-c2ccccc2)c(F)c1.[Na+]. The van der Waals surface area contributed by atoms with E-state index >= 15 is 0 Å². The number of thioether (sulfide) groups is 1. The van der Waals surface area contributed by atoms with Crippen LogP contribution in [0.4, 0.5) is 10.1 Å². The van der Waals surface area contributed by atoms with Gasteiger partial charge >= 0.3 is 29.6 Å². The molecule has 1 saturated heterocycles. The summed E-state index contributed by atoms with van der Waals surface area (Å²) < 4.78 is 14.5. The van der Waals surface area contributed by atoms with E-state index in [0.717, 1.165) is 18.2 Å². The van der Waals surface area contributed by atoms with E-state index in [2.05, 4.69) is 16.4 Å². The van der Waals surface area contributed by atoms with Crippen LogP contribution >= 0.6 is 11.8 Å². The topological polar surface area (TPSA) is 78.8 Å². The number of halogens is 1. The molecule has 1 aliphatic heterocycles. The minimum Gasteiger partial charge on any atom is -0.481 e. The van der Waals surface area contributed by atoms with Crippen molar-refractivity contribution >= 4 is 40.6 Å². The van der Waals surface area contributed by atoms with Gasteiger partial charge in [0.15, 0.2) is 5.17 Å². The van der Waals surface area contributed by atoms with Gasteiger partial charge in [-0.2, -0.15) is 18.2 Å². The van der Waals surface area contributed by atoms with Crippen LogP contribution in [0, 0.1) is 11.9 Å². The number of carbonyl (C=O) groups excluding carboxylic acids is 1. The van der Waals surface area contributed by atoms with Crippen LogP contribution in [0.3, 0.4) is 0 Å². The number of nitrogens with zero attached hydrogens (tertiary/aromatic N) is 1. The molecular formula is C24H18FN2NaO3S. The molecule has 1 heterocycles. The second-order valence-corrected chi connectivity index (χ2v) is 7.39. The van der Waals surface area contributed by atoms with Crippen LogP contribution in [0.5, 0.6) is 0 Å². The fraction of sp³-hybridized carbons (Fsp3) is 0.0417. The van der Waals surface area contributed by atoms with E-state index in [1.807, 2.05) is 30.3 Å². The molecule has 156 valence electrons. The van der Waals surface area contributed by atoms with Crippen LogP contribution in [0.1, 0.15) is 12.5 Å². The zero-order valence-corrected chi connectivity index (χ0v) is 20.3. The average Bonchev–Trinajstić information content (AvgIpc) is 3.07. The smallest absolute Gasteiger partial charge is 0.481 e. The van der Waals surface area contributed by atoms with Gasteiger partial charge in [0.1, 0.15) is 5.82 Å². The van der Waals surface area contributed by atoms with Crippen molar-refractivity contribution in [2.75, 3.05) is 0 Å². The Kier molecular flexibility index (Phi) is 9.87. The van der Waals surface area contributed by atoms with Crippen molar-refractivity contribution in [3.05, 3.63) is 95.1 Å². The van der Waals surface area contributed by atoms with Crippen LogP contribution in [0.25, 0.3) is 17.2 Å². The fourth-order valence-electron chi connectivity index (χ4n) is 2.67. The number of nitrogens with one attached hydrogen (secondary N) is 1. The number of hydrogen-bond donors (Lipinski definition) is 2. The maximum absolute atomic E-state index is 14.5. The third-order valence-corrected chi connectivity index (χ3v) is 4.87. The van der Waals surface area contributed by atoms with Crippen molar-refractivity contribution in [2.24, 2.45) is 4.99 Å². The Hall–Kier alpha value is -2.71. The third kappa shape index (κ3) is 7.46. The van der Waals surface area contributed by atoms with E-state index in [0.29, 0.717) is 21.2 Å². The number of rotatable bonds is 3. The molecule has 3 aromatic carbocycles. The number of carboxylic acid groups (broad SMARTS) is 1. The Bertz CT molecular complexity index is 1150. The van der Waals surface area contributed by atoms with Crippen LogP contribution in [0.15, 0.2) is 82.7 Å². The summed E-state index contributed by atoms with van der Waals surface area (Å²) in [5.41, 5.74) is 2.71. The molecule has 32 heavy (non-hydrogen) atoms. The van der Waals surface area contributed by atoms with Gasteiger partial charge in [-0.25, -0.2) is 4.39 Å². The van der Waals surface area contributed by atoms with Crippen LogP contribution < -0.4 is 34.9 Å². The molecule has 2 N–H and O–H groups in total. The predicted octanol–water partition coefficient (Wildman–Crippen LogP) is 2.28. The van der Waals surface area contributed by atoms with Crippen molar-refractivity contribution in [1.82, 2.24) is 5.32 Å². The Morgan fingerprint density at radius 2 is 1.78 bits per heavy atom. The zero-order chi connectivity index (χ0) is 22.2. The molecule has 0 radical (unpaired) electrons. The first-order valence-electron chi connectivity index (χ1n) is 9.22. The van der Waals surface area contributed by atoms with Gasteiger partial charge in [-0.15, -0.1) is 12.1 Å². The average molecular weight is 456 g/mol. The first-order valence-corrected chi connectivity index (χ1v) is 10.0. The second kappa shape index (κ2) is 12.4. The largest absolute Gasteiger partial charge is 1.00 e. The summed E-state index contributed by atoms with van der Waals surface area (Å²) in [6.07, 6.45) is 1.67. The zero-order valence-electron chi connectivity index (χ0n) is 17.5. The summed E-state index contributed by atoms with van der Waals surface area (Å²) in [7, 11) is 0. The van der Waals surface area contributed by atoms with Crippen LogP contribution in [-0.2, 0) is 9.59 Å². The van der Waals surface area contributed by atoms with Gasteiger partial charge in [0.05, 0.1) is 4.91 Å². The molecule has 0 aliphatic carbocycles. The summed E-state index contributed by atoms with van der Waals surface area (Å²) in [5, 5.41) is 10.6. The van der Waals surface area contributed by atoms with E-state index in [-0.39, 0.29) is 41.3 Å². The Morgan fingerprint density at radius 3 is 2.41 bits per heavy atom. The van der Waals surface area contributed by atoms with Gasteiger partial charge in [0.2, 0.25) is 0 Å². The standard InChI is InChI=1S/C22H14FN2OS.C2H4O2.Na/c23-19-13-15(11-12-18(19)16-7-3-1-4-8-16)14-20-21(26)25-22(27-20)24-17-9-5-2-6-10-17;1-2(3)4;/h1,3-14H,(H,24,25,26);1H3,(H,3,4);/q-1;;+1. The van der Waals surface area contributed by atoms with E-state index < -0.39 is 5.97 Å². The second-order valence-electron chi connectivity index (χ2n) is 6.36. The molecular weight excluding hydrogens is 438 g/mol. The molecule has 0 atom stereocenters. The van der Waals surface area contributed by atoms with E-state index in [1.165, 1.54) is 17.8 Å². The monoisotopic (exact) mass is 456 g/mol. The van der Waals surface area contributed by atoms with Gasteiger partial charge in [-0.3, -0.25) is 14.6 Å². The van der Waals surface area contributed by atoms with E-state index in [1.54, 1.807) is 42.5 Å². The fourth-order valence-corrected chi connectivity index (χ4v) is 3.52. The van der Waals surface area contributed by atoms with Gasteiger partial charge in [0, 0.05) is 12.5 Å². The van der Waals surface area contributed by atoms with Crippen molar-refractivity contribution in [3.63, 3.8) is 0 Å². The molecule has 0 unspecified atom stereocenters. The normalized spacial score (nSPS) is 14.9. The maximum Gasteiger partial charge on any atom is 1.00 e. The summed E-state index contributed by atoms with van der Waals surface area (Å²) in [6.45, 7) is 1.08. The molecule has 5 nitrogen and oxygen atoms in total. The molecule has 0 spiro atoms. The first-order chi connectivity index (χ1) is 14.9. The van der Waals surface area contributed by atoms with Crippen molar-refractivity contribution < 1.29 is 48.6 Å². The maximum atomic E-state index is 14.5.